The summed E-state index contributed by atoms with van der Waals surface area (Å²) in [5, 5.41) is 2.40. The Labute approximate surface area is 89.2 Å². The van der Waals surface area contributed by atoms with Crippen molar-refractivity contribution in [1.82, 2.24) is 0 Å². The number of hydrogen-bond acceptors (Lipinski definition) is 1. The third kappa shape index (κ3) is 1.44. The van der Waals surface area contributed by atoms with Crippen LogP contribution in [0, 0.1) is 12.8 Å². The van der Waals surface area contributed by atoms with Crippen molar-refractivity contribution >= 4 is 6.08 Å². The third-order valence-corrected chi connectivity index (χ3v) is 2.99. The average molecular weight is 195 g/mol. The smallest absolute Gasteiger partial charge is 0.0787 e. The molecule has 0 bridgehead atoms. The lowest BCUT2D eigenvalue weighted by atomic mass is 9.92. The molecular formula is C14H13N. The molecule has 74 valence electrons. The van der Waals surface area contributed by atoms with Crippen molar-refractivity contribution in [3.63, 3.8) is 0 Å². The van der Waals surface area contributed by atoms with Gasteiger partial charge in [0.25, 0.3) is 0 Å². The highest BCUT2D eigenvalue weighted by molar-refractivity contribution is 5.40. The summed E-state index contributed by atoms with van der Waals surface area (Å²) >= 11 is 0. The van der Waals surface area contributed by atoms with Crippen LogP contribution in [0.4, 0.5) is 0 Å². The third-order valence-electron chi connectivity index (χ3n) is 2.99. The molecule has 2 atom stereocenters. The summed E-state index contributed by atoms with van der Waals surface area (Å²) in [6.45, 7) is 2.12. The van der Waals surface area contributed by atoms with Crippen LogP contribution >= 0.6 is 0 Å². The van der Waals surface area contributed by atoms with Crippen molar-refractivity contribution in [2.24, 2.45) is 10.9 Å². The van der Waals surface area contributed by atoms with E-state index in [-0.39, 0.29) is 0 Å². The van der Waals surface area contributed by atoms with E-state index in [0.717, 1.165) is 5.36 Å². The highest BCUT2D eigenvalue weighted by Crippen LogP contribution is 2.18. The molecule has 0 fully saturated rings. The number of hydrogen-bond donors (Lipinski definition) is 0. The van der Waals surface area contributed by atoms with Gasteiger partial charge in [-0.15, -0.1) is 0 Å². The van der Waals surface area contributed by atoms with Gasteiger partial charge in [0.2, 0.25) is 0 Å². The largest absolute Gasteiger partial charge is 0.276 e. The van der Waals surface area contributed by atoms with E-state index in [1.165, 1.54) is 10.8 Å². The predicted molar refractivity (Wildman–Crippen MR) is 62.0 cm³/mol. The molecule has 0 spiro atoms. The van der Waals surface area contributed by atoms with Crippen LogP contribution in [0.25, 0.3) is 6.08 Å². The van der Waals surface area contributed by atoms with E-state index in [1.54, 1.807) is 0 Å². The summed E-state index contributed by atoms with van der Waals surface area (Å²) in [5.41, 5.74) is 1.30. The van der Waals surface area contributed by atoms with E-state index < -0.39 is 0 Å². The molecule has 1 nitrogen and oxygen atoms in total. The second-order valence-electron chi connectivity index (χ2n) is 4.20. The summed E-state index contributed by atoms with van der Waals surface area (Å²) in [6.07, 6.45) is 10.9. The molecule has 1 aliphatic heterocycles. The lowest BCUT2D eigenvalue weighted by Gasteiger charge is -2.20. The van der Waals surface area contributed by atoms with Crippen LogP contribution in [-0.4, -0.2) is 6.04 Å². The summed E-state index contributed by atoms with van der Waals surface area (Å²) in [7, 11) is 0. The first kappa shape index (κ1) is 8.66. The Morgan fingerprint density at radius 2 is 2.00 bits per heavy atom. The van der Waals surface area contributed by atoms with Crippen LogP contribution in [0.3, 0.4) is 0 Å². The van der Waals surface area contributed by atoms with E-state index in [1.807, 2.05) is 0 Å². The SMILES string of the molecule is Cc1ccc2c(c1)=CC1C=CC=CC1N=2. The van der Waals surface area contributed by atoms with Gasteiger partial charge < -0.3 is 0 Å². The van der Waals surface area contributed by atoms with Gasteiger partial charge in [-0.05, 0) is 18.2 Å². The van der Waals surface area contributed by atoms with Crippen LogP contribution < -0.4 is 10.6 Å². The average Bonchev–Trinajstić information content (AvgIpc) is 2.26. The number of fused-ring (bicyclic) bond motifs is 2. The normalized spacial score (nSPS) is 26.2. The summed E-state index contributed by atoms with van der Waals surface area (Å²) in [6, 6.07) is 6.76. The Balaban J connectivity index is 2.25. The van der Waals surface area contributed by atoms with E-state index in [9.17, 15) is 0 Å². The molecule has 0 saturated carbocycles. The van der Waals surface area contributed by atoms with Crippen molar-refractivity contribution < 1.29 is 0 Å². The van der Waals surface area contributed by atoms with Crippen molar-refractivity contribution in [2.75, 3.05) is 0 Å². The van der Waals surface area contributed by atoms with E-state index in [4.69, 9.17) is 4.99 Å². The summed E-state index contributed by atoms with van der Waals surface area (Å²) in [5.74, 6) is 0.448. The van der Waals surface area contributed by atoms with Crippen molar-refractivity contribution in [3.8, 4) is 0 Å². The lowest BCUT2D eigenvalue weighted by Crippen LogP contribution is -2.35. The van der Waals surface area contributed by atoms with Crippen LogP contribution in [-0.2, 0) is 0 Å². The molecule has 2 aliphatic rings. The van der Waals surface area contributed by atoms with E-state index in [2.05, 4.69) is 55.5 Å². The zero-order valence-electron chi connectivity index (χ0n) is 8.72. The fraction of sp³-hybridized carbons (Fsp3) is 0.214. The van der Waals surface area contributed by atoms with Crippen LogP contribution in [0.5, 0.6) is 0 Å². The second-order valence-corrected chi connectivity index (χ2v) is 4.20. The molecule has 2 unspecified atom stereocenters. The van der Waals surface area contributed by atoms with Gasteiger partial charge in [-0.25, -0.2) is 0 Å². The molecular weight excluding hydrogens is 182 g/mol. The molecule has 1 aromatic rings. The minimum Gasteiger partial charge on any atom is -0.276 e. The highest BCUT2D eigenvalue weighted by atomic mass is 14.8. The maximum absolute atomic E-state index is 4.74. The van der Waals surface area contributed by atoms with Crippen LogP contribution in [0.1, 0.15) is 5.56 Å². The predicted octanol–water partition coefficient (Wildman–Crippen LogP) is 1.52. The van der Waals surface area contributed by atoms with Gasteiger partial charge in [0, 0.05) is 5.92 Å². The van der Waals surface area contributed by atoms with Gasteiger partial charge in [0.1, 0.15) is 0 Å². The minimum absolute atomic E-state index is 0.310. The number of nitrogens with zero attached hydrogens (tertiary/aromatic N) is 1. The number of rotatable bonds is 0. The van der Waals surface area contributed by atoms with Crippen molar-refractivity contribution in [1.29, 1.82) is 0 Å². The van der Waals surface area contributed by atoms with Crippen LogP contribution in [0.2, 0.25) is 0 Å². The Hall–Kier alpha value is -1.63. The summed E-state index contributed by atoms with van der Waals surface area (Å²) < 4.78 is 0. The van der Waals surface area contributed by atoms with Gasteiger partial charge >= 0.3 is 0 Å². The van der Waals surface area contributed by atoms with E-state index >= 15 is 0 Å². The van der Waals surface area contributed by atoms with Gasteiger partial charge in [-0.1, -0.05) is 48.1 Å². The van der Waals surface area contributed by atoms with Gasteiger partial charge in [-0.2, -0.15) is 0 Å². The molecule has 0 saturated heterocycles. The monoisotopic (exact) mass is 195 g/mol. The quantitative estimate of drug-likeness (QED) is 0.595. The first-order valence-electron chi connectivity index (χ1n) is 5.34. The van der Waals surface area contributed by atoms with E-state index in [0.29, 0.717) is 12.0 Å². The number of allylic oxidation sites excluding steroid dienone is 2. The highest BCUT2D eigenvalue weighted by Gasteiger charge is 2.17. The second kappa shape index (κ2) is 3.20. The molecule has 0 aromatic heterocycles. The fourth-order valence-corrected chi connectivity index (χ4v) is 2.19. The molecule has 0 N–H and O–H groups in total. The molecule has 1 heteroatoms. The lowest BCUT2D eigenvalue weighted by molar-refractivity contribution is 0.682. The minimum atomic E-state index is 0.310. The Kier molecular flexibility index (Phi) is 1.84. The first-order valence-corrected chi connectivity index (χ1v) is 5.34. The molecule has 1 heterocycles. The summed E-state index contributed by atoms with van der Waals surface area (Å²) in [4.78, 5) is 4.74. The van der Waals surface area contributed by atoms with Gasteiger partial charge in [-0.3, -0.25) is 4.99 Å². The Morgan fingerprint density at radius 1 is 1.13 bits per heavy atom. The molecule has 0 amide bonds. The molecule has 0 radical (unpaired) electrons. The van der Waals surface area contributed by atoms with Gasteiger partial charge in [0.15, 0.2) is 0 Å². The maximum Gasteiger partial charge on any atom is 0.0787 e. The molecule has 15 heavy (non-hydrogen) atoms. The number of benzene rings is 1. The van der Waals surface area contributed by atoms with Crippen molar-refractivity contribution in [2.45, 2.75) is 13.0 Å². The van der Waals surface area contributed by atoms with Gasteiger partial charge in [0.05, 0.1) is 11.4 Å². The maximum atomic E-state index is 4.74. The Bertz CT molecular complexity index is 563. The zero-order valence-corrected chi connectivity index (χ0v) is 8.72. The molecule has 1 aromatic carbocycles. The zero-order chi connectivity index (χ0) is 10.3. The first-order chi connectivity index (χ1) is 7.33. The van der Waals surface area contributed by atoms with Crippen molar-refractivity contribution in [3.05, 3.63) is 58.6 Å². The topological polar surface area (TPSA) is 12.4 Å². The molecule has 1 aliphatic carbocycles. The van der Waals surface area contributed by atoms with Crippen LogP contribution in [0.15, 0.2) is 47.5 Å². The number of aryl methyl sites for hydroxylation is 1. The Morgan fingerprint density at radius 3 is 2.93 bits per heavy atom. The fourth-order valence-electron chi connectivity index (χ4n) is 2.19. The standard InChI is InChI=1S/C14H13N/c1-10-6-7-14-12(8-10)9-11-4-2-3-5-13(11)15-14/h2-9,11,13H,1H3. The molecule has 3 rings (SSSR count).